The molecule has 1 heterocycles. The predicted octanol–water partition coefficient (Wildman–Crippen LogP) is 2.80. The first-order valence-electron chi connectivity index (χ1n) is 5.89. The number of nitrogens with one attached hydrogen (secondary N) is 1. The van der Waals surface area contributed by atoms with Crippen LogP contribution in [0.15, 0.2) is 36.5 Å². The molecule has 1 N–H and O–H groups in total. The van der Waals surface area contributed by atoms with Crippen LogP contribution in [0.25, 0.3) is 11.3 Å². The molecular formula is C14H17N3O. The van der Waals surface area contributed by atoms with Gasteiger partial charge >= 0.3 is 0 Å². The molecule has 4 heteroatoms. The molecule has 0 amide bonds. The van der Waals surface area contributed by atoms with E-state index in [9.17, 15) is 5.21 Å². The molecule has 0 unspecified atom stereocenters. The van der Waals surface area contributed by atoms with Crippen molar-refractivity contribution in [3.8, 4) is 11.3 Å². The molecule has 0 radical (unpaired) electrons. The van der Waals surface area contributed by atoms with E-state index in [1.165, 1.54) is 6.21 Å². The standard InChI is InChI=1S/C14H17N3O/c1-14(2,3)17(18)10-13-15-9-12(16-13)11-7-5-4-6-8-11/h4-10H,1-3H3,(H,15,16)/b17-10-. The van der Waals surface area contributed by atoms with Gasteiger partial charge in [0, 0.05) is 32.5 Å². The summed E-state index contributed by atoms with van der Waals surface area (Å²) < 4.78 is 0.903. The summed E-state index contributed by atoms with van der Waals surface area (Å²) in [6.45, 7) is 5.58. The number of hydrogen-bond donors (Lipinski definition) is 1. The molecule has 2 aromatic rings. The molecule has 0 bridgehead atoms. The van der Waals surface area contributed by atoms with Crippen molar-refractivity contribution < 1.29 is 4.74 Å². The normalized spacial score (nSPS) is 12.7. The van der Waals surface area contributed by atoms with E-state index in [-0.39, 0.29) is 0 Å². The first-order valence-corrected chi connectivity index (χ1v) is 5.89. The summed E-state index contributed by atoms with van der Waals surface area (Å²) >= 11 is 0. The Morgan fingerprint density at radius 1 is 1.22 bits per heavy atom. The molecule has 0 fully saturated rings. The fourth-order valence-corrected chi connectivity index (χ4v) is 1.46. The minimum absolute atomic E-state index is 0.459. The Balaban J connectivity index is 2.27. The van der Waals surface area contributed by atoms with Crippen molar-refractivity contribution in [2.24, 2.45) is 0 Å². The van der Waals surface area contributed by atoms with Gasteiger partial charge in [0.15, 0.2) is 11.4 Å². The fraction of sp³-hybridized carbons (Fsp3) is 0.286. The molecule has 1 aromatic heterocycles. The Morgan fingerprint density at radius 2 is 1.89 bits per heavy atom. The summed E-state index contributed by atoms with van der Waals surface area (Å²) in [5.74, 6) is 0.568. The summed E-state index contributed by atoms with van der Waals surface area (Å²) in [6.07, 6.45) is 3.28. The molecule has 2 rings (SSSR count). The zero-order chi connectivity index (χ0) is 13.2. The number of hydroxylamine groups is 1. The van der Waals surface area contributed by atoms with E-state index in [1.54, 1.807) is 6.20 Å². The van der Waals surface area contributed by atoms with Crippen molar-refractivity contribution in [3.05, 3.63) is 47.6 Å². The van der Waals surface area contributed by atoms with Crippen molar-refractivity contribution in [3.63, 3.8) is 0 Å². The highest BCUT2D eigenvalue weighted by Crippen LogP contribution is 2.15. The van der Waals surface area contributed by atoms with Gasteiger partial charge in [0.05, 0.1) is 5.69 Å². The average molecular weight is 243 g/mol. The highest BCUT2D eigenvalue weighted by Gasteiger charge is 2.18. The maximum Gasteiger partial charge on any atom is 0.218 e. The summed E-state index contributed by atoms with van der Waals surface area (Å²) in [7, 11) is 0. The molecule has 1 aromatic carbocycles. The van der Waals surface area contributed by atoms with Gasteiger partial charge in [-0.3, -0.25) is 0 Å². The lowest BCUT2D eigenvalue weighted by Crippen LogP contribution is -2.29. The van der Waals surface area contributed by atoms with E-state index in [1.807, 2.05) is 51.1 Å². The molecule has 0 aliphatic carbocycles. The lowest BCUT2D eigenvalue weighted by molar-refractivity contribution is -0.530. The molecular weight excluding hydrogens is 226 g/mol. The topological polar surface area (TPSA) is 54.8 Å². The number of aromatic nitrogens is 2. The van der Waals surface area contributed by atoms with E-state index >= 15 is 0 Å². The Morgan fingerprint density at radius 3 is 2.50 bits per heavy atom. The Bertz CT molecular complexity index is 550. The summed E-state index contributed by atoms with van der Waals surface area (Å²) in [5, 5.41) is 11.8. The van der Waals surface area contributed by atoms with Crippen LogP contribution in [0.2, 0.25) is 0 Å². The quantitative estimate of drug-likeness (QED) is 0.381. The second-order valence-electron chi connectivity index (χ2n) is 5.16. The van der Waals surface area contributed by atoms with Gasteiger partial charge in [-0.25, -0.2) is 9.72 Å². The van der Waals surface area contributed by atoms with Gasteiger partial charge in [-0.1, -0.05) is 30.3 Å². The van der Waals surface area contributed by atoms with Gasteiger partial charge in [-0.05, 0) is 0 Å². The first kappa shape index (κ1) is 12.4. The van der Waals surface area contributed by atoms with Crippen molar-refractivity contribution in [2.75, 3.05) is 0 Å². The Hall–Kier alpha value is -2.10. The zero-order valence-corrected chi connectivity index (χ0v) is 10.8. The van der Waals surface area contributed by atoms with Crippen molar-refractivity contribution in [2.45, 2.75) is 26.3 Å². The number of imidazole rings is 1. The molecule has 18 heavy (non-hydrogen) atoms. The largest absolute Gasteiger partial charge is 0.623 e. The van der Waals surface area contributed by atoms with Crippen molar-refractivity contribution in [1.29, 1.82) is 0 Å². The van der Waals surface area contributed by atoms with Gasteiger partial charge in [-0.2, -0.15) is 0 Å². The first-order chi connectivity index (χ1) is 8.47. The summed E-state index contributed by atoms with van der Waals surface area (Å²) in [5.41, 5.74) is 1.41. The third-order valence-corrected chi connectivity index (χ3v) is 2.57. The SMILES string of the molecule is CC(C)(C)/[N+]([O-])=C/c1nc(-c2ccccc2)c[nH]1. The molecule has 0 spiro atoms. The van der Waals surface area contributed by atoms with Crippen LogP contribution in [0, 0.1) is 5.21 Å². The number of H-pyrrole nitrogens is 1. The van der Waals surface area contributed by atoms with Crippen LogP contribution in [0.1, 0.15) is 26.6 Å². The van der Waals surface area contributed by atoms with Crippen molar-refractivity contribution in [1.82, 2.24) is 9.97 Å². The maximum absolute atomic E-state index is 11.8. The Labute approximate surface area is 107 Å². The fourth-order valence-electron chi connectivity index (χ4n) is 1.46. The smallest absolute Gasteiger partial charge is 0.218 e. The van der Waals surface area contributed by atoms with Gasteiger partial charge in [0.2, 0.25) is 6.21 Å². The minimum atomic E-state index is -0.459. The van der Waals surface area contributed by atoms with Crippen molar-refractivity contribution >= 4 is 6.21 Å². The van der Waals surface area contributed by atoms with Crippen LogP contribution in [-0.2, 0) is 0 Å². The van der Waals surface area contributed by atoms with Gasteiger partial charge < -0.3 is 10.2 Å². The molecule has 4 nitrogen and oxygen atoms in total. The predicted molar refractivity (Wildman–Crippen MR) is 72.6 cm³/mol. The highest BCUT2D eigenvalue weighted by atomic mass is 16.5. The number of hydrogen-bond acceptors (Lipinski definition) is 2. The third kappa shape index (κ3) is 2.77. The number of benzene rings is 1. The molecule has 0 saturated carbocycles. The second-order valence-corrected chi connectivity index (χ2v) is 5.16. The lowest BCUT2D eigenvalue weighted by Gasteiger charge is -2.17. The second kappa shape index (κ2) is 4.64. The maximum atomic E-state index is 11.8. The molecule has 0 aliphatic rings. The summed E-state index contributed by atoms with van der Waals surface area (Å²) in [4.78, 5) is 7.38. The van der Waals surface area contributed by atoms with E-state index in [0.29, 0.717) is 5.82 Å². The monoisotopic (exact) mass is 243 g/mol. The molecule has 94 valence electrons. The minimum Gasteiger partial charge on any atom is -0.623 e. The molecule has 0 saturated heterocycles. The van der Waals surface area contributed by atoms with Gasteiger partial charge in [0.1, 0.15) is 0 Å². The molecule has 0 atom stereocenters. The third-order valence-electron chi connectivity index (χ3n) is 2.57. The van der Waals surface area contributed by atoms with E-state index in [4.69, 9.17) is 0 Å². The van der Waals surface area contributed by atoms with E-state index in [0.717, 1.165) is 16.0 Å². The van der Waals surface area contributed by atoms with Crippen LogP contribution in [0.3, 0.4) is 0 Å². The number of aromatic amines is 1. The van der Waals surface area contributed by atoms with E-state index < -0.39 is 5.54 Å². The van der Waals surface area contributed by atoms with Crippen LogP contribution in [0.4, 0.5) is 0 Å². The number of nitrogens with zero attached hydrogens (tertiary/aromatic N) is 2. The zero-order valence-electron chi connectivity index (χ0n) is 10.8. The van der Waals surface area contributed by atoms with Crippen LogP contribution in [-0.4, -0.2) is 26.5 Å². The lowest BCUT2D eigenvalue weighted by atomic mass is 10.1. The number of rotatable bonds is 2. The Kier molecular flexibility index (Phi) is 3.19. The van der Waals surface area contributed by atoms with Crippen LogP contribution in [0.5, 0.6) is 0 Å². The van der Waals surface area contributed by atoms with Crippen LogP contribution < -0.4 is 0 Å². The van der Waals surface area contributed by atoms with E-state index in [2.05, 4.69) is 9.97 Å². The van der Waals surface area contributed by atoms with Crippen LogP contribution >= 0.6 is 0 Å². The van der Waals surface area contributed by atoms with Gasteiger partial charge in [0.25, 0.3) is 0 Å². The molecule has 0 aliphatic heterocycles. The highest BCUT2D eigenvalue weighted by molar-refractivity contribution is 5.72. The summed E-state index contributed by atoms with van der Waals surface area (Å²) in [6, 6.07) is 9.85. The van der Waals surface area contributed by atoms with Gasteiger partial charge in [-0.15, -0.1) is 0 Å². The average Bonchev–Trinajstić information content (AvgIpc) is 2.77.